The predicted molar refractivity (Wildman–Crippen MR) is 48.1 cm³/mol. The van der Waals surface area contributed by atoms with Crippen molar-refractivity contribution in [2.24, 2.45) is 0 Å². The molecule has 1 rings (SSSR count). The van der Waals surface area contributed by atoms with E-state index < -0.39 is 0 Å². The summed E-state index contributed by atoms with van der Waals surface area (Å²) in [5.41, 5.74) is 0. The van der Waals surface area contributed by atoms with Gasteiger partial charge < -0.3 is 14.8 Å². The molecule has 3 heteroatoms. The molecule has 0 aliphatic carbocycles. The Balaban J connectivity index is 2.05. The van der Waals surface area contributed by atoms with Crippen LogP contribution in [0.25, 0.3) is 0 Å². The van der Waals surface area contributed by atoms with Gasteiger partial charge in [-0.2, -0.15) is 0 Å². The highest BCUT2D eigenvalue weighted by molar-refractivity contribution is 4.60. The minimum atomic E-state index is 0.0505. The average molecular weight is 173 g/mol. The Hall–Kier alpha value is -0.120. The SMILES string of the molecule is CNC(C)CCC1OCCCO1. The molecule has 3 nitrogen and oxygen atoms in total. The van der Waals surface area contributed by atoms with Crippen molar-refractivity contribution in [2.45, 2.75) is 38.5 Å². The molecule has 0 aromatic carbocycles. The van der Waals surface area contributed by atoms with Crippen LogP contribution >= 0.6 is 0 Å². The fraction of sp³-hybridized carbons (Fsp3) is 1.00. The second kappa shape index (κ2) is 5.51. The summed E-state index contributed by atoms with van der Waals surface area (Å²) in [4.78, 5) is 0. The molecule has 12 heavy (non-hydrogen) atoms. The van der Waals surface area contributed by atoms with Crippen LogP contribution in [0.5, 0.6) is 0 Å². The molecule has 1 heterocycles. The molecule has 0 bridgehead atoms. The van der Waals surface area contributed by atoms with Crippen molar-refractivity contribution in [1.29, 1.82) is 0 Å². The molecule has 0 amide bonds. The van der Waals surface area contributed by atoms with Gasteiger partial charge in [0.25, 0.3) is 0 Å². The van der Waals surface area contributed by atoms with Gasteiger partial charge in [0.2, 0.25) is 0 Å². The first kappa shape index (κ1) is 9.96. The Bertz CT molecular complexity index is 113. The molecule has 0 aromatic heterocycles. The van der Waals surface area contributed by atoms with E-state index in [4.69, 9.17) is 9.47 Å². The van der Waals surface area contributed by atoms with Gasteiger partial charge in [0.05, 0.1) is 13.2 Å². The van der Waals surface area contributed by atoms with E-state index >= 15 is 0 Å². The van der Waals surface area contributed by atoms with Crippen LogP contribution in [0.1, 0.15) is 26.2 Å². The summed E-state index contributed by atoms with van der Waals surface area (Å²) in [6.45, 7) is 3.89. The molecule has 0 saturated carbocycles. The Morgan fingerprint density at radius 2 is 2.08 bits per heavy atom. The maximum atomic E-state index is 5.42. The van der Waals surface area contributed by atoms with E-state index in [1.807, 2.05) is 7.05 Å². The molecule has 0 spiro atoms. The van der Waals surface area contributed by atoms with Crippen LogP contribution in [0, 0.1) is 0 Å². The smallest absolute Gasteiger partial charge is 0.157 e. The molecule has 1 aliphatic rings. The van der Waals surface area contributed by atoms with Crippen molar-refractivity contribution in [3.8, 4) is 0 Å². The minimum absolute atomic E-state index is 0.0505. The zero-order chi connectivity index (χ0) is 8.81. The number of nitrogens with one attached hydrogen (secondary N) is 1. The molecule has 0 aromatic rings. The second-order valence-corrected chi connectivity index (χ2v) is 3.29. The Labute approximate surface area is 74.4 Å². The first-order valence-electron chi connectivity index (χ1n) is 4.73. The average Bonchev–Trinajstić information content (AvgIpc) is 2.16. The molecule has 0 radical (unpaired) electrons. The zero-order valence-corrected chi connectivity index (χ0v) is 8.01. The Kier molecular flexibility index (Phi) is 4.58. The van der Waals surface area contributed by atoms with Crippen molar-refractivity contribution >= 4 is 0 Å². The highest BCUT2D eigenvalue weighted by Crippen LogP contribution is 2.11. The van der Waals surface area contributed by atoms with Crippen LogP contribution in [0.4, 0.5) is 0 Å². The maximum Gasteiger partial charge on any atom is 0.157 e. The van der Waals surface area contributed by atoms with Gasteiger partial charge in [0.15, 0.2) is 6.29 Å². The molecule has 1 N–H and O–H groups in total. The van der Waals surface area contributed by atoms with E-state index in [0.717, 1.165) is 32.5 Å². The lowest BCUT2D eigenvalue weighted by atomic mass is 10.2. The molecule has 1 aliphatic heterocycles. The Morgan fingerprint density at radius 3 is 2.67 bits per heavy atom. The summed E-state index contributed by atoms with van der Waals surface area (Å²) in [7, 11) is 1.98. The molecular weight excluding hydrogens is 154 g/mol. The van der Waals surface area contributed by atoms with Crippen LogP contribution < -0.4 is 5.32 Å². The molecule has 1 atom stereocenters. The number of hydrogen-bond acceptors (Lipinski definition) is 3. The highest BCUT2D eigenvalue weighted by Gasteiger charge is 2.14. The highest BCUT2D eigenvalue weighted by atomic mass is 16.7. The third kappa shape index (κ3) is 3.52. The van der Waals surface area contributed by atoms with Gasteiger partial charge in [-0.25, -0.2) is 0 Å². The molecule has 1 saturated heterocycles. The van der Waals surface area contributed by atoms with E-state index in [1.165, 1.54) is 0 Å². The van der Waals surface area contributed by atoms with Crippen LogP contribution in [-0.4, -0.2) is 32.6 Å². The summed E-state index contributed by atoms with van der Waals surface area (Å²) in [5, 5.41) is 3.19. The minimum Gasteiger partial charge on any atom is -0.353 e. The van der Waals surface area contributed by atoms with Gasteiger partial charge in [0, 0.05) is 6.04 Å². The van der Waals surface area contributed by atoms with E-state index in [9.17, 15) is 0 Å². The van der Waals surface area contributed by atoms with Crippen LogP contribution in [0.15, 0.2) is 0 Å². The van der Waals surface area contributed by atoms with E-state index in [-0.39, 0.29) is 6.29 Å². The topological polar surface area (TPSA) is 30.5 Å². The molecule has 72 valence electrons. The van der Waals surface area contributed by atoms with Crippen LogP contribution in [0.3, 0.4) is 0 Å². The van der Waals surface area contributed by atoms with Gasteiger partial charge in [-0.1, -0.05) is 0 Å². The first-order chi connectivity index (χ1) is 5.83. The van der Waals surface area contributed by atoms with E-state index in [0.29, 0.717) is 6.04 Å². The molecule has 1 unspecified atom stereocenters. The van der Waals surface area contributed by atoms with Crippen molar-refractivity contribution in [2.75, 3.05) is 20.3 Å². The van der Waals surface area contributed by atoms with E-state index in [1.54, 1.807) is 0 Å². The van der Waals surface area contributed by atoms with Crippen LogP contribution in [-0.2, 0) is 9.47 Å². The van der Waals surface area contributed by atoms with Gasteiger partial charge in [0.1, 0.15) is 0 Å². The quantitative estimate of drug-likeness (QED) is 0.691. The zero-order valence-electron chi connectivity index (χ0n) is 8.01. The largest absolute Gasteiger partial charge is 0.353 e. The Morgan fingerprint density at radius 1 is 1.42 bits per heavy atom. The lowest BCUT2D eigenvalue weighted by Crippen LogP contribution is -2.28. The normalized spacial score (nSPS) is 22.5. The van der Waals surface area contributed by atoms with Crippen molar-refractivity contribution in [3.05, 3.63) is 0 Å². The van der Waals surface area contributed by atoms with E-state index in [2.05, 4.69) is 12.2 Å². The lowest BCUT2D eigenvalue weighted by molar-refractivity contribution is -0.182. The summed E-state index contributed by atoms with van der Waals surface area (Å²) < 4.78 is 10.8. The van der Waals surface area contributed by atoms with Gasteiger partial charge >= 0.3 is 0 Å². The third-order valence-electron chi connectivity index (χ3n) is 2.22. The van der Waals surface area contributed by atoms with Crippen LogP contribution in [0.2, 0.25) is 0 Å². The number of ether oxygens (including phenoxy) is 2. The van der Waals surface area contributed by atoms with Crippen molar-refractivity contribution in [3.63, 3.8) is 0 Å². The summed E-state index contributed by atoms with van der Waals surface area (Å²) in [6.07, 6.45) is 3.20. The third-order valence-corrected chi connectivity index (χ3v) is 2.22. The summed E-state index contributed by atoms with van der Waals surface area (Å²) in [6, 6.07) is 0.555. The lowest BCUT2D eigenvalue weighted by Gasteiger charge is -2.24. The number of hydrogen-bond donors (Lipinski definition) is 1. The fourth-order valence-electron chi connectivity index (χ4n) is 1.23. The van der Waals surface area contributed by atoms with Crippen molar-refractivity contribution in [1.82, 2.24) is 5.32 Å². The maximum absolute atomic E-state index is 5.42. The second-order valence-electron chi connectivity index (χ2n) is 3.29. The van der Waals surface area contributed by atoms with Gasteiger partial charge in [-0.3, -0.25) is 0 Å². The first-order valence-corrected chi connectivity index (χ1v) is 4.73. The number of rotatable bonds is 4. The summed E-state index contributed by atoms with van der Waals surface area (Å²) >= 11 is 0. The summed E-state index contributed by atoms with van der Waals surface area (Å²) in [5.74, 6) is 0. The van der Waals surface area contributed by atoms with Gasteiger partial charge in [-0.05, 0) is 33.2 Å². The predicted octanol–water partition coefficient (Wildman–Crippen LogP) is 1.14. The fourth-order valence-corrected chi connectivity index (χ4v) is 1.23. The van der Waals surface area contributed by atoms with Gasteiger partial charge in [-0.15, -0.1) is 0 Å². The molecule has 1 fully saturated rings. The standard InChI is InChI=1S/C9H19NO2/c1-8(10-2)4-5-9-11-6-3-7-12-9/h8-10H,3-7H2,1-2H3. The monoisotopic (exact) mass is 173 g/mol. The molecular formula is C9H19NO2. The van der Waals surface area contributed by atoms with Crippen molar-refractivity contribution < 1.29 is 9.47 Å².